The number of halogens is 1. The molecule has 1 N–H and O–H groups in total. The average molecular weight is 362 g/mol. The van der Waals surface area contributed by atoms with Gasteiger partial charge in [-0.1, -0.05) is 17.7 Å². The molecule has 0 aromatic heterocycles. The second-order valence-electron chi connectivity index (χ2n) is 5.68. The van der Waals surface area contributed by atoms with Gasteiger partial charge in [-0.2, -0.15) is 0 Å². The van der Waals surface area contributed by atoms with Crippen LogP contribution in [0.4, 0.5) is 5.69 Å². The molecule has 5 nitrogen and oxygen atoms in total. The Labute approximate surface area is 151 Å². The van der Waals surface area contributed by atoms with Crippen LogP contribution in [0.25, 0.3) is 0 Å². The van der Waals surface area contributed by atoms with Gasteiger partial charge < -0.3 is 14.8 Å². The Morgan fingerprint density at radius 3 is 2.44 bits per heavy atom. The van der Waals surface area contributed by atoms with Gasteiger partial charge in [0.15, 0.2) is 6.10 Å². The monoisotopic (exact) mass is 361 g/mol. The number of rotatable bonds is 5. The molecule has 0 saturated heterocycles. The third-order valence-corrected chi connectivity index (χ3v) is 4.13. The van der Waals surface area contributed by atoms with E-state index in [2.05, 4.69) is 10.1 Å². The van der Waals surface area contributed by atoms with E-state index in [1.54, 1.807) is 13.0 Å². The topological polar surface area (TPSA) is 64.6 Å². The minimum atomic E-state index is -0.709. The van der Waals surface area contributed by atoms with Crippen LogP contribution >= 0.6 is 11.6 Å². The molecule has 1 amide bonds. The van der Waals surface area contributed by atoms with Crippen molar-refractivity contribution >= 4 is 29.2 Å². The lowest BCUT2D eigenvalue weighted by Crippen LogP contribution is -2.30. The fourth-order valence-corrected chi connectivity index (χ4v) is 2.35. The lowest BCUT2D eigenvalue weighted by Gasteiger charge is -2.16. The largest absolute Gasteiger partial charge is 0.481 e. The molecule has 0 heterocycles. The molecule has 2 aromatic carbocycles. The van der Waals surface area contributed by atoms with E-state index in [4.69, 9.17) is 16.3 Å². The van der Waals surface area contributed by atoms with Gasteiger partial charge >= 0.3 is 5.97 Å². The molecule has 6 heteroatoms. The number of carbonyl (C=O) groups is 2. The molecule has 0 bridgehead atoms. The van der Waals surface area contributed by atoms with E-state index in [0.717, 1.165) is 11.1 Å². The normalized spacial score (nSPS) is 11.6. The van der Waals surface area contributed by atoms with E-state index in [-0.39, 0.29) is 16.5 Å². The maximum absolute atomic E-state index is 12.3. The van der Waals surface area contributed by atoms with Crippen LogP contribution in [-0.2, 0) is 9.53 Å². The molecule has 0 spiro atoms. The molecule has 0 aliphatic rings. The standard InChI is InChI=1S/C19H20ClNO4/c1-11-5-7-15(9-12(11)2)25-13(3)18(22)21-14-6-8-17(20)16(10-14)19(23)24-4/h5-10,13H,1-4H3,(H,21,22)/t13-/m0/s1. The zero-order valence-corrected chi connectivity index (χ0v) is 15.3. The molecule has 0 aliphatic heterocycles. The fourth-order valence-electron chi connectivity index (χ4n) is 2.16. The Morgan fingerprint density at radius 2 is 1.80 bits per heavy atom. The zero-order valence-electron chi connectivity index (χ0n) is 14.6. The van der Waals surface area contributed by atoms with Crippen LogP contribution in [0.1, 0.15) is 28.4 Å². The molecule has 0 saturated carbocycles. The Balaban J connectivity index is 2.08. The maximum Gasteiger partial charge on any atom is 0.339 e. The minimum absolute atomic E-state index is 0.185. The summed E-state index contributed by atoms with van der Waals surface area (Å²) in [5.74, 6) is -0.283. The van der Waals surface area contributed by atoms with Crippen LogP contribution in [0.5, 0.6) is 5.75 Å². The molecule has 1 atom stereocenters. The first-order valence-electron chi connectivity index (χ1n) is 7.74. The van der Waals surface area contributed by atoms with Crippen molar-refractivity contribution in [2.45, 2.75) is 26.9 Å². The van der Waals surface area contributed by atoms with Crippen LogP contribution in [0.15, 0.2) is 36.4 Å². The summed E-state index contributed by atoms with van der Waals surface area (Å²) >= 11 is 5.97. The van der Waals surface area contributed by atoms with E-state index < -0.39 is 12.1 Å². The lowest BCUT2D eigenvalue weighted by atomic mass is 10.1. The second kappa shape index (κ2) is 8.03. The maximum atomic E-state index is 12.3. The lowest BCUT2D eigenvalue weighted by molar-refractivity contribution is -0.122. The highest BCUT2D eigenvalue weighted by Gasteiger charge is 2.17. The summed E-state index contributed by atoms with van der Waals surface area (Å²) in [6, 6.07) is 10.3. The van der Waals surface area contributed by atoms with Crippen molar-refractivity contribution in [3.05, 3.63) is 58.1 Å². The number of nitrogens with one attached hydrogen (secondary N) is 1. The molecular weight excluding hydrogens is 342 g/mol. The number of amides is 1. The number of ether oxygens (including phenoxy) is 2. The molecule has 2 aromatic rings. The SMILES string of the molecule is COC(=O)c1cc(NC(=O)[C@H](C)Oc2ccc(C)c(C)c2)ccc1Cl. The molecule has 2 rings (SSSR count). The van der Waals surface area contributed by atoms with Crippen LogP contribution in [0, 0.1) is 13.8 Å². The van der Waals surface area contributed by atoms with Gasteiger partial charge in [0, 0.05) is 5.69 Å². The molecule has 0 fully saturated rings. The van der Waals surface area contributed by atoms with Crippen molar-refractivity contribution in [3.63, 3.8) is 0 Å². The zero-order chi connectivity index (χ0) is 18.6. The summed E-state index contributed by atoms with van der Waals surface area (Å²) in [5, 5.41) is 2.96. The third-order valence-electron chi connectivity index (χ3n) is 3.80. The van der Waals surface area contributed by atoms with Crippen LogP contribution in [0.2, 0.25) is 5.02 Å². The van der Waals surface area contributed by atoms with Gasteiger partial charge in [-0.05, 0) is 62.2 Å². The third kappa shape index (κ3) is 4.73. The number of benzene rings is 2. The quantitative estimate of drug-likeness (QED) is 0.812. The van der Waals surface area contributed by atoms with Crippen molar-refractivity contribution < 1.29 is 19.1 Å². The van der Waals surface area contributed by atoms with E-state index in [1.807, 2.05) is 32.0 Å². The highest BCUT2D eigenvalue weighted by Crippen LogP contribution is 2.22. The molecule has 0 aliphatic carbocycles. The van der Waals surface area contributed by atoms with Gasteiger partial charge in [0.25, 0.3) is 5.91 Å². The summed E-state index contributed by atoms with van der Waals surface area (Å²) < 4.78 is 10.3. The summed E-state index contributed by atoms with van der Waals surface area (Å²) in [7, 11) is 1.27. The van der Waals surface area contributed by atoms with Gasteiger partial charge in [0.05, 0.1) is 17.7 Å². The van der Waals surface area contributed by atoms with Crippen molar-refractivity contribution in [2.75, 3.05) is 12.4 Å². The van der Waals surface area contributed by atoms with Gasteiger partial charge in [-0.25, -0.2) is 4.79 Å². The predicted octanol–water partition coefficient (Wildman–Crippen LogP) is 4.15. The van der Waals surface area contributed by atoms with Gasteiger partial charge in [0.1, 0.15) is 5.75 Å². The predicted molar refractivity (Wildman–Crippen MR) is 97.4 cm³/mol. The number of methoxy groups -OCH3 is 1. The van der Waals surface area contributed by atoms with Crippen molar-refractivity contribution in [3.8, 4) is 5.75 Å². The van der Waals surface area contributed by atoms with Crippen molar-refractivity contribution in [1.29, 1.82) is 0 Å². The van der Waals surface area contributed by atoms with Gasteiger partial charge in [-0.3, -0.25) is 4.79 Å². The number of hydrogen-bond donors (Lipinski definition) is 1. The summed E-state index contributed by atoms with van der Waals surface area (Å²) in [6.45, 7) is 5.64. The Bertz CT molecular complexity index is 804. The summed E-state index contributed by atoms with van der Waals surface area (Å²) in [5.41, 5.74) is 2.86. The number of hydrogen-bond acceptors (Lipinski definition) is 4. The van der Waals surface area contributed by atoms with E-state index in [1.165, 1.54) is 19.2 Å². The van der Waals surface area contributed by atoms with E-state index in [9.17, 15) is 9.59 Å². The number of anilines is 1. The first-order chi connectivity index (χ1) is 11.8. The number of carbonyl (C=O) groups excluding carboxylic acids is 2. The minimum Gasteiger partial charge on any atom is -0.481 e. The highest BCUT2D eigenvalue weighted by atomic mass is 35.5. The van der Waals surface area contributed by atoms with Crippen molar-refractivity contribution in [2.24, 2.45) is 0 Å². The molecule has 0 unspecified atom stereocenters. The molecular formula is C19H20ClNO4. The smallest absolute Gasteiger partial charge is 0.339 e. The molecule has 0 radical (unpaired) electrons. The first kappa shape index (κ1) is 18.8. The van der Waals surface area contributed by atoms with E-state index in [0.29, 0.717) is 11.4 Å². The molecule has 25 heavy (non-hydrogen) atoms. The van der Waals surface area contributed by atoms with Crippen LogP contribution < -0.4 is 10.1 Å². The molecule has 132 valence electrons. The van der Waals surface area contributed by atoms with Crippen LogP contribution in [0.3, 0.4) is 0 Å². The Hall–Kier alpha value is -2.53. The fraction of sp³-hybridized carbons (Fsp3) is 0.263. The first-order valence-corrected chi connectivity index (χ1v) is 8.12. The average Bonchev–Trinajstić information content (AvgIpc) is 2.59. The van der Waals surface area contributed by atoms with E-state index >= 15 is 0 Å². The second-order valence-corrected chi connectivity index (χ2v) is 6.09. The Morgan fingerprint density at radius 1 is 1.08 bits per heavy atom. The summed E-state index contributed by atoms with van der Waals surface area (Å²) in [4.78, 5) is 24.0. The highest BCUT2D eigenvalue weighted by molar-refractivity contribution is 6.33. The number of aryl methyl sites for hydroxylation is 2. The summed E-state index contributed by atoms with van der Waals surface area (Å²) in [6.07, 6.45) is -0.709. The Kier molecular flexibility index (Phi) is 6.04. The number of esters is 1. The van der Waals surface area contributed by atoms with Crippen LogP contribution in [-0.4, -0.2) is 25.1 Å². The van der Waals surface area contributed by atoms with Gasteiger partial charge in [-0.15, -0.1) is 0 Å². The van der Waals surface area contributed by atoms with Gasteiger partial charge in [0.2, 0.25) is 0 Å². The van der Waals surface area contributed by atoms with Crippen molar-refractivity contribution in [1.82, 2.24) is 0 Å².